The molecule has 3 N–H and O–H groups in total. The van der Waals surface area contributed by atoms with Crippen LogP contribution in [0.3, 0.4) is 0 Å². The first-order chi connectivity index (χ1) is 8.92. The van der Waals surface area contributed by atoms with Gasteiger partial charge < -0.3 is 20.5 Å². The number of aliphatic carboxylic acids is 1. The van der Waals surface area contributed by atoms with E-state index in [2.05, 4.69) is 10.6 Å². The van der Waals surface area contributed by atoms with E-state index in [0.29, 0.717) is 6.54 Å². The molecule has 0 aliphatic carbocycles. The molecule has 5 heteroatoms. The maximum absolute atomic E-state index is 11.0. The van der Waals surface area contributed by atoms with Crippen molar-refractivity contribution < 1.29 is 14.6 Å². The third-order valence-corrected chi connectivity index (χ3v) is 3.40. The predicted molar refractivity (Wildman–Crippen MR) is 76.2 cm³/mol. The standard InChI is InChI=1S/C14H22N2O3/c1-8-6-12(19-5)9(2)10(3)13(8)16-7-11(15-4)14(17)18/h6,11,15-16H,7H2,1-5H3,(H,17,18). The molecule has 1 aromatic rings. The fraction of sp³-hybridized carbons (Fsp3) is 0.500. The molecule has 5 nitrogen and oxygen atoms in total. The number of methoxy groups -OCH3 is 1. The molecule has 0 heterocycles. The molecule has 0 amide bonds. The molecule has 0 spiro atoms. The highest BCUT2D eigenvalue weighted by molar-refractivity contribution is 5.74. The van der Waals surface area contributed by atoms with Gasteiger partial charge in [0.25, 0.3) is 0 Å². The molecule has 0 bridgehead atoms. The SMILES string of the molecule is CNC(CNc1c(C)cc(OC)c(C)c1C)C(=O)O. The summed E-state index contributed by atoms with van der Waals surface area (Å²) in [7, 11) is 3.29. The lowest BCUT2D eigenvalue weighted by molar-refractivity contribution is -0.138. The van der Waals surface area contributed by atoms with Crippen molar-refractivity contribution >= 4 is 11.7 Å². The zero-order chi connectivity index (χ0) is 14.6. The van der Waals surface area contributed by atoms with Gasteiger partial charge in [-0.15, -0.1) is 0 Å². The Hall–Kier alpha value is -1.75. The van der Waals surface area contributed by atoms with Crippen molar-refractivity contribution in [1.29, 1.82) is 0 Å². The number of carboxylic acid groups (broad SMARTS) is 1. The molecule has 0 saturated carbocycles. The van der Waals surface area contributed by atoms with E-state index in [9.17, 15) is 4.79 Å². The molecule has 0 radical (unpaired) electrons. The molecule has 19 heavy (non-hydrogen) atoms. The summed E-state index contributed by atoms with van der Waals surface area (Å²) >= 11 is 0. The lowest BCUT2D eigenvalue weighted by atomic mass is 10.0. The number of hydrogen-bond acceptors (Lipinski definition) is 4. The van der Waals surface area contributed by atoms with Crippen LogP contribution in [0.25, 0.3) is 0 Å². The number of carbonyl (C=O) groups is 1. The fourth-order valence-corrected chi connectivity index (χ4v) is 2.05. The summed E-state index contributed by atoms with van der Waals surface area (Å²) in [5, 5.41) is 15.0. The Bertz CT molecular complexity index is 472. The number of benzene rings is 1. The van der Waals surface area contributed by atoms with Crippen LogP contribution in [0.5, 0.6) is 5.75 Å². The molecule has 0 aliphatic rings. The van der Waals surface area contributed by atoms with Crippen molar-refractivity contribution in [2.24, 2.45) is 0 Å². The number of anilines is 1. The number of rotatable bonds is 6. The minimum absolute atomic E-state index is 0.333. The van der Waals surface area contributed by atoms with Crippen LogP contribution in [-0.4, -0.2) is 37.8 Å². The molecule has 0 aliphatic heterocycles. The van der Waals surface area contributed by atoms with Gasteiger partial charge in [-0.1, -0.05) is 0 Å². The first-order valence-corrected chi connectivity index (χ1v) is 6.21. The van der Waals surface area contributed by atoms with E-state index in [1.807, 2.05) is 26.8 Å². The van der Waals surface area contributed by atoms with E-state index in [0.717, 1.165) is 28.1 Å². The summed E-state index contributed by atoms with van der Waals surface area (Å²) in [5.41, 5.74) is 4.16. The predicted octanol–water partition coefficient (Wildman–Crippen LogP) is 1.70. The topological polar surface area (TPSA) is 70.6 Å². The van der Waals surface area contributed by atoms with Gasteiger partial charge >= 0.3 is 5.97 Å². The summed E-state index contributed by atoms with van der Waals surface area (Å²) in [6.07, 6.45) is 0. The third kappa shape index (κ3) is 3.38. The first kappa shape index (κ1) is 15.3. The number of aryl methyl sites for hydroxylation is 1. The van der Waals surface area contributed by atoms with Crippen LogP contribution in [0.4, 0.5) is 5.69 Å². The van der Waals surface area contributed by atoms with Gasteiger partial charge in [0.1, 0.15) is 11.8 Å². The highest BCUT2D eigenvalue weighted by Crippen LogP contribution is 2.30. The zero-order valence-corrected chi connectivity index (χ0v) is 12.1. The van der Waals surface area contributed by atoms with Gasteiger partial charge in [-0.3, -0.25) is 4.79 Å². The summed E-state index contributed by atoms with van der Waals surface area (Å²) in [4.78, 5) is 11.0. The van der Waals surface area contributed by atoms with Gasteiger partial charge in [0, 0.05) is 12.2 Å². The van der Waals surface area contributed by atoms with E-state index in [-0.39, 0.29) is 0 Å². The Balaban J connectivity index is 2.96. The second kappa shape index (κ2) is 6.43. The van der Waals surface area contributed by atoms with Crippen LogP contribution in [0.15, 0.2) is 6.07 Å². The average Bonchev–Trinajstić information content (AvgIpc) is 2.37. The summed E-state index contributed by atoms with van der Waals surface area (Å²) in [6.45, 7) is 6.31. The molecule has 1 rings (SSSR count). The molecule has 1 aromatic carbocycles. The second-order valence-corrected chi connectivity index (χ2v) is 4.58. The Kier molecular flexibility index (Phi) is 5.18. The Morgan fingerprint density at radius 2 is 2.00 bits per heavy atom. The summed E-state index contributed by atoms with van der Waals surface area (Å²) in [6, 6.07) is 1.35. The smallest absolute Gasteiger partial charge is 0.322 e. The van der Waals surface area contributed by atoms with Crippen LogP contribution < -0.4 is 15.4 Å². The molecular formula is C14H22N2O3. The summed E-state index contributed by atoms with van der Waals surface area (Å²) in [5.74, 6) is -0.0144. The van der Waals surface area contributed by atoms with E-state index >= 15 is 0 Å². The number of carboxylic acids is 1. The highest BCUT2D eigenvalue weighted by Gasteiger charge is 2.16. The van der Waals surface area contributed by atoms with Gasteiger partial charge in [0.15, 0.2) is 0 Å². The lowest BCUT2D eigenvalue weighted by Crippen LogP contribution is -2.40. The van der Waals surface area contributed by atoms with Crippen LogP contribution in [-0.2, 0) is 4.79 Å². The number of hydrogen-bond donors (Lipinski definition) is 3. The molecule has 0 fully saturated rings. The van der Waals surface area contributed by atoms with Crippen molar-refractivity contribution in [1.82, 2.24) is 5.32 Å². The van der Waals surface area contributed by atoms with Gasteiger partial charge in [-0.25, -0.2) is 0 Å². The van der Waals surface area contributed by atoms with Gasteiger partial charge in [-0.2, -0.15) is 0 Å². The number of likely N-dealkylation sites (N-methyl/N-ethyl adjacent to an activating group) is 1. The van der Waals surface area contributed by atoms with Crippen LogP contribution in [0.1, 0.15) is 16.7 Å². The molecule has 0 aromatic heterocycles. The minimum atomic E-state index is -0.865. The van der Waals surface area contributed by atoms with Crippen LogP contribution in [0, 0.1) is 20.8 Å². The maximum Gasteiger partial charge on any atom is 0.322 e. The van der Waals surface area contributed by atoms with Crippen LogP contribution in [0.2, 0.25) is 0 Å². The van der Waals surface area contributed by atoms with Crippen molar-refractivity contribution in [3.8, 4) is 5.75 Å². The van der Waals surface area contributed by atoms with E-state index in [4.69, 9.17) is 9.84 Å². The Morgan fingerprint density at radius 3 is 2.47 bits per heavy atom. The number of ether oxygens (including phenoxy) is 1. The largest absolute Gasteiger partial charge is 0.496 e. The van der Waals surface area contributed by atoms with E-state index < -0.39 is 12.0 Å². The third-order valence-electron chi connectivity index (χ3n) is 3.40. The van der Waals surface area contributed by atoms with Crippen molar-refractivity contribution in [3.63, 3.8) is 0 Å². The molecular weight excluding hydrogens is 244 g/mol. The van der Waals surface area contributed by atoms with Crippen molar-refractivity contribution in [2.75, 3.05) is 26.0 Å². The Morgan fingerprint density at radius 1 is 1.37 bits per heavy atom. The van der Waals surface area contributed by atoms with E-state index in [1.165, 1.54) is 0 Å². The maximum atomic E-state index is 11.0. The average molecular weight is 266 g/mol. The van der Waals surface area contributed by atoms with Crippen molar-refractivity contribution in [2.45, 2.75) is 26.8 Å². The first-order valence-electron chi connectivity index (χ1n) is 6.21. The lowest BCUT2D eigenvalue weighted by Gasteiger charge is -2.19. The monoisotopic (exact) mass is 266 g/mol. The van der Waals surface area contributed by atoms with Gasteiger partial charge in [0.05, 0.1) is 7.11 Å². The normalized spacial score (nSPS) is 12.1. The quantitative estimate of drug-likeness (QED) is 0.731. The van der Waals surface area contributed by atoms with Gasteiger partial charge in [0.2, 0.25) is 0 Å². The van der Waals surface area contributed by atoms with E-state index in [1.54, 1.807) is 14.2 Å². The van der Waals surface area contributed by atoms with Crippen molar-refractivity contribution in [3.05, 3.63) is 22.8 Å². The molecule has 0 saturated heterocycles. The zero-order valence-electron chi connectivity index (χ0n) is 12.1. The second-order valence-electron chi connectivity index (χ2n) is 4.58. The molecule has 1 atom stereocenters. The van der Waals surface area contributed by atoms with Crippen LogP contribution >= 0.6 is 0 Å². The fourth-order valence-electron chi connectivity index (χ4n) is 2.05. The summed E-state index contributed by atoms with van der Waals surface area (Å²) < 4.78 is 5.31. The minimum Gasteiger partial charge on any atom is -0.496 e. The van der Waals surface area contributed by atoms with Gasteiger partial charge in [-0.05, 0) is 50.6 Å². The highest BCUT2D eigenvalue weighted by atomic mass is 16.5. The molecule has 1 unspecified atom stereocenters. The molecule has 106 valence electrons. The Labute approximate surface area is 114 Å². The number of nitrogens with one attached hydrogen (secondary N) is 2.